The summed E-state index contributed by atoms with van der Waals surface area (Å²) in [6.45, 7) is 6.40. The van der Waals surface area contributed by atoms with E-state index in [0.29, 0.717) is 0 Å². The van der Waals surface area contributed by atoms with Gasteiger partial charge in [0.15, 0.2) is 0 Å². The summed E-state index contributed by atoms with van der Waals surface area (Å²) >= 11 is 3.86. The van der Waals surface area contributed by atoms with Crippen molar-refractivity contribution in [2.24, 2.45) is 0 Å². The minimum Gasteiger partial charge on any atom is -0.428 e. The van der Waals surface area contributed by atoms with Crippen molar-refractivity contribution in [3.05, 3.63) is 6.92 Å². The van der Waals surface area contributed by atoms with Crippen LogP contribution in [0, 0.1) is 6.92 Å². The van der Waals surface area contributed by atoms with E-state index in [1.165, 1.54) is 0 Å². The van der Waals surface area contributed by atoms with Crippen LogP contribution in [0.15, 0.2) is 0 Å². The van der Waals surface area contributed by atoms with Crippen LogP contribution >= 0.6 is 12.6 Å². The number of thiol groups is 1. The summed E-state index contributed by atoms with van der Waals surface area (Å²) in [4.78, 5) is 0. The lowest BCUT2D eigenvalue weighted by Gasteiger charge is -1.77. The molecule has 0 N–H and O–H groups in total. The topological polar surface area (TPSA) is 9.23 Å². The zero-order chi connectivity index (χ0) is 6.83. The van der Waals surface area contributed by atoms with E-state index in [1.807, 2.05) is 6.92 Å². The van der Waals surface area contributed by atoms with Gasteiger partial charge >= 0.3 is 0 Å². The molecule has 0 unspecified atom stereocenters. The van der Waals surface area contributed by atoms with Crippen molar-refractivity contribution >= 4 is 23.1 Å². The first kappa shape index (κ1) is 11.3. The molecule has 0 aromatic rings. The molecule has 1 nitrogen and oxygen atoms in total. The van der Waals surface area contributed by atoms with E-state index in [1.54, 1.807) is 0 Å². The minimum atomic E-state index is 0.881. The van der Waals surface area contributed by atoms with Crippen LogP contribution in [0.5, 0.6) is 0 Å². The van der Waals surface area contributed by atoms with Crippen LogP contribution in [-0.4, -0.2) is 22.8 Å². The zero-order valence-corrected chi connectivity index (χ0v) is 8.58. The second-order valence-corrected chi connectivity index (χ2v) is 2.18. The smallest absolute Gasteiger partial charge is 0.145 e. The van der Waals surface area contributed by atoms with Gasteiger partial charge in [-0.15, -0.1) is 0 Å². The first-order valence-electron chi connectivity index (χ1n) is 2.72. The molecule has 0 fully saturated rings. The summed E-state index contributed by atoms with van der Waals surface area (Å²) < 4.78 is 4.68. The van der Waals surface area contributed by atoms with Crippen LogP contribution in [0.3, 0.4) is 0 Å². The lowest BCUT2D eigenvalue weighted by Crippen LogP contribution is -1.76. The molecule has 0 aliphatic carbocycles. The van der Waals surface area contributed by atoms with Gasteiger partial charge in [-0.3, -0.25) is 0 Å². The highest BCUT2D eigenvalue weighted by Gasteiger charge is 1.57. The molecule has 51 valence electrons. The van der Waals surface area contributed by atoms with Crippen LogP contribution in [-0.2, 0) is 4.43 Å². The fourth-order valence-corrected chi connectivity index (χ4v) is 0. The summed E-state index contributed by atoms with van der Waals surface area (Å²) in [5.74, 6) is 0.903. The van der Waals surface area contributed by atoms with Gasteiger partial charge in [0.2, 0.25) is 0 Å². The first-order valence-corrected chi connectivity index (χ1v) is 4.17. The van der Waals surface area contributed by atoms with Crippen molar-refractivity contribution < 1.29 is 4.43 Å². The van der Waals surface area contributed by atoms with E-state index >= 15 is 0 Å². The van der Waals surface area contributed by atoms with E-state index in [4.69, 9.17) is 0 Å². The quantitative estimate of drug-likeness (QED) is 0.445. The second-order valence-electron chi connectivity index (χ2n) is 1.15. The van der Waals surface area contributed by atoms with E-state index in [-0.39, 0.29) is 0 Å². The van der Waals surface area contributed by atoms with Crippen molar-refractivity contribution in [1.82, 2.24) is 0 Å². The van der Waals surface area contributed by atoms with Crippen molar-refractivity contribution in [2.45, 2.75) is 13.3 Å². The highest BCUT2D eigenvalue weighted by atomic mass is 32.1. The van der Waals surface area contributed by atoms with Gasteiger partial charge in [-0.05, 0) is 19.1 Å². The average molecular weight is 151 g/mol. The Bertz CT molecular complexity index is 20.4. The molecule has 0 amide bonds. The third kappa shape index (κ3) is 31.2. The van der Waals surface area contributed by atoms with Crippen LogP contribution in [0.25, 0.3) is 0 Å². The third-order valence-corrected chi connectivity index (χ3v) is 1.34. The molecule has 0 bridgehead atoms. The highest BCUT2D eigenvalue weighted by Crippen LogP contribution is 1.74. The van der Waals surface area contributed by atoms with Gasteiger partial charge in [-0.2, -0.15) is 12.6 Å². The van der Waals surface area contributed by atoms with Crippen molar-refractivity contribution in [3.63, 3.8) is 0 Å². The Kier molecular flexibility index (Phi) is 22.2. The summed E-state index contributed by atoms with van der Waals surface area (Å²) in [6, 6.07) is 0. The monoisotopic (exact) mass is 151 g/mol. The average Bonchev–Trinajstić information content (AvgIpc) is 1.88. The molecule has 0 aromatic carbocycles. The number of hydrogen-bond donors (Lipinski definition) is 1. The highest BCUT2D eigenvalue weighted by molar-refractivity contribution is 7.80. The zero-order valence-electron chi connectivity index (χ0n) is 5.68. The Morgan fingerprint density at radius 3 is 2.00 bits per heavy atom. The van der Waals surface area contributed by atoms with Crippen LogP contribution in [0.2, 0.25) is 0 Å². The molecule has 1 radical (unpaired) electrons. The Hall–Kier alpha value is 0.527. The molecule has 0 saturated heterocycles. The van der Waals surface area contributed by atoms with Gasteiger partial charge in [0.1, 0.15) is 10.5 Å². The Balaban J connectivity index is 0. The Morgan fingerprint density at radius 2 is 2.00 bits per heavy atom. The minimum absolute atomic E-state index is 0.881. The van der Waals surface area contributed by atoms with Crippen LogP contribution in [0.4, 0.5) is 0 Å². The molecular weight excluding hydrogens is 136 g/mol. The molecule has 0 atom stereocenters. The molecule has 0 aliphatic heterocycles. The van der Waals surface area contributed by atoms with Gasteiger partial charge < -0.3 is 4.43 Å². The van der Waals surface area contributed by atoms with Crippen molar-refractivity contribution in [3.8, 4) is 0 Å². The maximum atomic E-state index is 4.68. The van der Waals surface area contributed by atoms with E-state index in [2.05, 4.69) is 24.0 Å². The molecule has 0 rings (SSSR count). The standard InChI is InChI=1S/C3H7S.C2H8OSi/c2*1-2-3-4/h4H,1-3H2;2H2,1,4H3. The van der Waals surface area contributed by atoms with Crippen LogP contribution in [0.1, 0.15) is 13.3 Å². The Labute approximate surface area is 60.8 Å². The molecule has 3 heteroatoms. The van der Waals surface area contributed by atoms with Crippen LogP contribution < -0.4 is 0 Å². The number of rotatable bonds is 2. The maximum absolute atomic E-state index is 4.68. The predicted octanol–water partition coefficient (Wildman–Crippen LogP) is 0.444. The Morgan fingerprint density at radius 1 is 1.75 bits per heavy atom. The van der Waals surface area contributed by atoms with Crippen molar-refractivity contribution in [2.75, 3.05) is 12.4 Å². The molecular formula is C5H15OSSi. The fourth-order valence-electron chi connectivity index (χ4n) is 0. The number of hydrogen-bond acceptors (Lipinski definition) is 2. The summed E-state index contributed by atoms with van der Waals surface area (Å²) in [5, 5.41) is 0. The van der Waals surface area contributed by atoms with Gasteiger partial charge in [0, 0.05) is 6.61 Å². The molecule has 0 aliphatic rings. The largest absolute Gasteiger partial charge is 0.428 e. The summed E-state index contributed by atoms with van der Waals surface area (Å²) in [6.07, 6.45) is 0.934. The lowest BCUT2D eigenvalue weighted by atomic mass is 10.6. The lowest BCUT2D eigenvalue weighted by molar-refractivity contribution is 0.375. The summed E-state index contributed by atoms with van der Waals surface area (Å²) in [7, 11) is 0.890. The maximum Gasteiger partial charge on any atom is 0.145 e. The normalized spacial score (nSPS) is 7.88. The van der Waals surface area contributed by atoms with E-state index in [0.717, 1.165) is 29.3 Å². The van der Waals surface area contributed by atoms with Gasteiger partial charge in [0.25, 0.3) is 0 Å². The molecule has 0 heterocycles. The van der Waals surface area contributed by atoms with Gasteiger partial charge in [-0.25, -0.2) is 0 Å². The molecule has 8 heavy (non-hydrogen) atoms. The molecule has 0 saturated carbocycles. The first-order chi connectivity index (χ1) is 3.83. The van der Waals surface area contributed by atoms with Gasteiger partial charge in [-0.1, -0.05) is 6.92 Å². The van der Waals surface area contributed by atoms with E-state index < -0.39 is 0 Å². The van der Waals surface area contributed by atoms with Crippen molar-refractivity contribution in [1.29, 1.82) is 0 Å². The summed E-state index contributed by atoms with van der Waals surface area (Å²) in [5.41, 5.74) is 0. The molecule has 0 aromatic heterocycles. The predicted molar refractivity (Wildman–Crippen MR) is 45.4 cm³/mol. The third-order valence-electron chi connectivity index (χ3n) is 0.447. The van der Waals surface area contributed by atoms with Gasteiger partial charge in [0.05, 0.1) is 0 Å². The molecule has 0 spiro atoms. The fraction of sp³-hybridized carbons (Fsp3) is 0.800. The van der Waals surface area contributed by atoms with E-state index in [9.17, 15) is 0 Å². The SMILES string of the molecule is CCO[SiH3].[CH2]CCS. The second kappa shape index (κ2) is 15.6.